The summed E-state index contributed by atoms with van der Waals surface area (Å²) in [5, 5.41) is 18.9. The molecule has 0 amide bonds. The first kappa shape index (κ1) is 24.0. The smallest absolute Gasteiger partial charge is 0.313 e. The van der Waals surface area contributed by atoms with Crippen LogP contribution in [0.2, 0.25) is 0 Å². The predicted octanol–water partition coefficient (Wildman–Crippen LogP) is 4.24. The van der Waals surface area contributed by atoms with Crippen molar-refractivity contribution >= 4 is 41.1 Å². The van der Waals surface area contributed by atoms with E-state index in [0.29, 0.717) is 0 Å². The van der Waals surface area contributed by atoms with Crippen molar-refractivity contribution in [2.45, 2.75) is 62.7 Å². The zero-order valence-corrected chi connectivity index (χ0v) is 18.5. The summed E-state index contributed by atoms with van der Waals surface area (Å²) in [7, 11) is 0. The summed E-state index contributed by atoms with van der Waals surface area (Å²) in [6.07, 6.45) is 4.53. The summed E-state index contributed by atoms with van der Waals surface area (Å²) in [5.41, 5.74) is 1.68. The van der Waals surface area contributed by atoms with E-state index in [1.54, 1.807) is 11.8 Å². The molecule has 160 valence electrons. The van der Waals surface area contributed by atoms with Gasteiger partial charge in [0.05, 0.1) is 17.8 Å². The van der Waals surface area contributed by atoms with E-state index in [-0.39, 0.29) is 29.0 Å². The Bertz CT molecular complexity index is 689. The molecule has 3 atom stereocenters. The molecule has 1 saturated carbocycles. The summed E-state index contributed by atoms with van der Waals surface area (Å²) in [4.78, 5) is 35.0. The number of hydrogen-bond donors (Lipinski definition) is 2. The Morgan fingerprint density at radius 1 is 1.14 bits per heavy atom. The van der Waals surface area contributed by atoms with Gasteiger partial charge in [-0.25, -0.2) is 0 Å². The van der Waals surface area contributed by atoms with Crippen molar-refractivity contribution in [3.05, 3.63) is 35.4 Å². The number of Topliss-reactive ketones (excluding diaryl/α,β-unsaturated/α-hetero) is 2. The number of carbonyl (C=O) groups excluding carboxylic acids is 2. The van der Waals surface area contributed by atoms with Crippen molar-refractivity contribution < 1.29 is 24.6 Å². The van der Waals surface area contributed by atoms with Gasteiger partial charge in [-0.2, -0.15) is 23.5 Å². The number of aliphatic carboxylic acids is 1. The fourth-order valence-electron chi connectivity index (χ4n) is 3.50. The average Bonchev–Trinajstić information content (AvgIpc) is 2.98. The minimum Gasteiger partial charge on any atom is -0.481 e. The molecule has 1 aliphatic rings. The first-order valence-electron chi connectivity index (χ1n) is 10.2. The van der Waals surface area contributed by atoms with Crippen molar-refractivity contribution in [3.8, 4) is 0 Å². The number of carboxylic acid groups (broad SMARTS) is 1. The molecule has 0 aliphatic heterocycles. The maximum absolute atomic E-state index is 12.4. The van der Waals surface area contributed by atoms with Gasteiger partial charge in [-0.05, 0) is 35.5 Å². The number of aliphatic hydroxyl groups is 1. The number of carboxylic acids is 1. The number of thioether (sulfide) groups is 2. The molecule has 7 heteroatoms. The molecule has 0 aromatic heterocycles. The minimum absolute atomic E-state index is 0.0696. The quantitative estimate of drug-likeness (QED) is 0.352. The highest BCUT2D eigenvalue weighted by molar-refractivity contribution is 8.00. The fourth-order valence-corrected chi connectivity index (χ4v) is 5.71. The standard InChI is InChI=1S/C22H30O5S2/c1-2-3-4-6-17(23)15-7-9-16(10-8-15)21-19(13-18(24)22(21)27)29-12-5-11-28-14-20(25)26/h7-10,17,19,21,23H,2-6,11-14H2,1H3,(H,25,26)/t17?,19-,21?/m0/s1. The maximum atomic E-state index is 12.4. The molecular formula is C22H30O5S2. The molecule has 1 aromatic rings. The highest BCUT2D eigenvalue weighted by Crippen LogP contribution is 2.38. The lowest BCUT2D eigenvalue weighted by molar-refractivity contribution is -0.134. The van der Waals surface area contributed by atoms with Crippen LogP contribution >= 0.6 is 23.5 Å². The van der Waals surface area contributed by atoms with Gasteiger partial charge in [-0.3, -0.25) is 14.4 Å². The Morgan fingerprint density at radius 3 is 2.52 bits per heavy atom. The van der Waals surface area contributed by atoms with E-state index in [4.69, 9.17) is 5.11 Å². The maximum Gasteiger partial charge on any atom is 0.313 e. The summed E-state index contributed by atoms with van der Waals surface area (Å²) in [5.74, 6) is -0.217. The third-order valence-corrected chi connectivity index (χ3v) is 7.49. The number of unbranched alkanes of at least 4 members (excludes halogenated alkanes) is 2. The van der Waals surface area contributed by atoms with Crippen molar-refractivity contribution in [2.75, 3.05) is 17.3 Å². The van der Waals surface area contributed by atoms with Crippen LogP contribution in [-0.4, -0.2) is 50.3 Å². The number of benzene rings is 1. The van der Waals surface area contributed by atoms with Crippen molar-refractivity contribution in [2.24, 2.45) is 0 Å². The van der Waals surface area contributed by atoms with Crippen molar-refractivity contribution in [1.82, 2.24) is 0 Å². The second-order valence-corrected chi connectivity index (χ2v) is 9.81. The van der Waals surface area contributed by atoms with Crippen LogP contribution in [0.4, 0.5) is 0 Å². The Kier molecular flexibility index (Phi) is 10.2. The van der Waals surface area contributed by atoms with E-state index in [1.165, 1.54) is 11.8 Å². The first-order valence-corrected chi connectivity index (χ1v) is 12.4. The number of carbonyl (C=O) groups is 3. The number of aliphatic hydroxyl groups excluding tert-OH is 1. The van der Waals surface area contributed by atoms with E-state index in [0.717, 1.165) is 54.7 Å². The van der Waals surface area contributed by atoms with E-state index >= 15 is 0 Å². The minimum atomic E-state index is -0.811. The zero-order valence-electron chi connectivity index (χ0n) is 16.8. The molecule has 2 unspecified atom stereocenters. The Hall–Kier alpha value is -1.31. The average molecular weight is 439 g/mol. The van der Waals surface area contributed by atoms with E-state index in [1.807, 2.05) is 24.3 Å². The van der Waals surface area contributed by atoms with Gasteiger partial charge < -0.3 is 10.2 Å². The second kappa shape index (κ2) is 12.4. The molecule has 0 spiro atoms. The lowest BCUT2D eigenvalue weighted by Crippen LogP contribution is -2.17. The highest BCUT2D eigenvalue weighted by atomic mass is 32.2. The molecule has 1 fully saturated rings. The van der Waals surface area contributed by atoms with E-state index in [2.05, 4.69) is 6.92 Å². The normalized spacial score (nSPS) is 20.2. The molecule has 0 bridgehead atoms. The molecular weight excluding hydrogens is 408 g/mol. The van der Waals surface area contributed by atoms with Gasteiger partial charge in [-0.1, -0.05) is 50.5 Å². The van der Waals surface area contributed by atoms with Crippen LogP contribution in [0.25, 0.3) is 0 Å². The summed E-state index contributed by atoms with van der Waals surface area (Å²) in [6, 6.07) is 7.48. The molecule has 2 N–H and O–H groups in total. The van der Waals surface area contributed by atoms with Crippen LogP contribution in [-0.2, 0) is 14.4 Å². The van der Waals surface area contributed by atoms with Crippen LogP contribution in [0.5, 0.6) is 0 Å². The van der Waals surface area contributed by atoms with Gasteiger partial charge in [0.25, 0.3) is 0 Å². The number of hydrogen-bond acceptors (Lipinski definition) is 6. The van der Waals surface area contributed by atoms with Crippen LogP contribution < -0.4 is 0 Å². The predicted molar refractivity (Wildman–Crippen MR) is 119 cm³/mol. The molecule has 0 radical (unpaired) electrons. The summed E-state index contributed by atoms with van der Waals surface area (Å²) >= 11 is 3.01. The Morgan fingerprint density at radius 2 is 1.86 bits per heavy atom. The van der Waals surface area contributed by atoms with Gasteiger partial charge in [0, 0.05) is 11.7 Å². The van der Waals surface area contributed by atoms with Gasteiger partial charge in [0.2, 0.25) is 5.78 Å². The Labute approximate surface area is 181 Å². The second-order valence-electron chi connectivity index (χ2n) is 7.36. The molecule has 1 aromatic carbocycles. The van der Waals surface area contributed by atoms with Crippen LogP contribution in [0.15, 0.2) is 24.3 Å². The lowest BCUT2D eigenvalue weighted by Gasteiger charge is -2.18. The van der Waals surface area contributed by atoms with Crippen LogP contribution in [0, 0.1) is 0 Å². The SMILES string of the molecule is CCCCCC(O)c1ccc(C2C(=O)C(=O)C[C@@H]2SCCCSCC(=O)O)cc1. The Balaban J connectivity index is 1.92. The van der Waals surface area contributed by atoms with E-state index < -0.39 is 18.0 Å². The third kappa shape index (κ3) is 7.46. The van der Waals surface area contributed by atoms with Gasteiger partial charge in [0.1, 0.15) is 0 Å². The number of rotatable bonds is 13. The van der Waals surface area contributed by atoms with E-state index in [9.17, 15) is 19.5 Å². The molecule has 0 heterocycles. The molecule has 2 rings (SSSR count). The van der Waals surface area contributed by atoms with Gasteiger partial charge >= 0.3 is 5.97 Å². The summed E-state index contributed by atoms with van der Waals surface area (Å²) < 4.78 is 0. The first-order chi connectivity index (χ1) is 13.9. The van der Waals surface area contributed by atoms with Crippen molar-refractivity contribution in [1.29, 1.82) is 0 Å². The largest absolute Gasteiger partial charge is 0.481 e. The molecule has 1 aliphatic carbocycles. The zero-order chi connectivity index (χ0) is 21.2. The van der Waals surface area contributed by atoms with Crippen molar-refractivity contribution in [3.63, 3.8) is 0 Å². The van der Waals surface area contributed by atoms with Gasteiger partial charge in [0.15, 0.2) is 5.78 Å². The topological polar surface area (TPSA) is 91.7 Å². The fraction of sp³-hybridized carbons (Fsp3) is 0.591. The van der Waals surface area contributed by atoms with Crippen LogP contribution in [0.3, 0.4) is 0 Å². The molecule has 29 heavy (non-hydrogen) atoms. The lowest BCUT2D eigenvalue weighted by atomic mass is 9.94. The molecule has 5 nitrogen and oxygen atoms in total. The molecule has 0 saturated heterocycles. The van der Waals surface area contributed by atoms with Gasteiger partial charge in [-0.15, -0.1) is 0 Å². The highest BCUT2D eigenvalue weighted by Gasteiger charge is 2.42. The monoisotopic (exact) mass is 438 g/mol. The summed E-state index contributed by atoms with van der Waals surface area (Å²) in [6.45, 7) is 2.13. The number of ketones is 2. The van der Waals surface area contributed by atoms with Crippen LogP contribution in [0.1, 0.15) is 68.6 Å². The third-order valence-electron chi connectivity index (χ3n) is 5.07.